The van der Waals surface area contributed by atoms with E-state index in [1.165, 1.54) is 11.1 Å². The maximum atomic E-state index is 9.43. The number of hydrogen-bond acceptors (Lipinski definition) is 1. The molecule has 0 aromatic carbocycles. The van der Waals surface area contributed by atoms with Crippen LogP contribution in [0.4, 0.5) is 0 Å². The molecule has 0 aromatic heterocycles. The summed E-state index contributed by atoms with van der Waals surface area (Å²) < 4.78 is 0. The number of allylic oxidation sites excluding steroid dienone is 1. The van der Waals surface area contributed by atoms with Gasteiger partial charge in [-0.3, -0.25) is 0 Å². The number of hydrogen-bond donors (Lipinski definition) is 1. The van der Waals surface area contributed by atoms with E-state index in [9.17, 15) is 5.11 Å². The molecule has 0 saturated carbocycles. The molecule has 0 saturated heterocycles. The first-order chi connectivity index (χ1) is 4.61. The zero-order valence-corrected chi connectivity index (χ0v) is 7.02. The van der Waals surface area contributed by atoms with E-state index in [4.69, 9.17) is 0 Å². The summed E-state index contributed by atoms with van der Waals surface area (Å²) in [7, 11) is 0. The smallest absolute Gasteiger partial charge is 0.0605 e. The van der Waals surface area contributed by atoms with E-state index in [-0.39, 0.29) is 6.10 Å². The van der Waals surface area contributed by atoms with Crippen LogP contribution in [-0.2, 0) is 0 Å². The van der Waals surface area contributed by atoms with Gasteiger partial charge >= 0.3 is 0 Å². The van der Waals surface area contributed by atoms with Crippen LogP contribution in [-0.4, -0.2) is 11.2 Å². The van der Waals surface area contributed by atoms with Gasteiger partial charge in [0.25, 0.3) is 0 Å². The molecule has 58 valence electrons. The molecule has 1 aliphatic carbocycles. The van der Waals surface area contributed by atoms with Gasteiger partial charge in [0.05, 0.1) is 6.10 Å². The summed E-state index contributed by atoms with van der Waals surface area (Å²) in [6.07, 6.45) is 1.86. The van der Waals surface area contributed by atoms with Gasteiger partial charge in [-0.1, -0.05) is 18.1 Å². The van der Waals surface area contributed by atoms with Crippen molar-refractivity contribution >= 4 is 0 Å². The fourth-order valence-corrected chi connectivity index (χ4v) is 1.48. The highest BCUT2D eigenvalue weighted by atomic mass is 16.3. The Hall–Kier alpha value is -0.300. The molecule has 2 unspecified atom stereocenters. The Kier molecular flexibility index (Phi) is 2.14. The first-order valence-electron chi connectivity index (χ1n) is 3.94. The normalized spacial score (nSPS) is 34.8. The highest BCUT2D eigenvalue weighted by Gasteiger charge is 2.20. The first kappa shape index (κ1) is 7.80. The van der Waals surface area contributed by atoms with Crippen molar-refractivity contribution in [1.29, 1.82) is 0 Å². The molecule has 0 bridgehead atoms. The van der Waals surface area contributed by atoms with Crippen LogP contribution in [0.1, 0.15) is 33.6 Å². The maximum absolute atomic E-state index is 9.43. The molecule has 0 amide bonds. The van der Waals surface area contributed by atoms with Crippen molar-refractivity contribution in [2.45, 2.75) is 39.7 Å². The average molecular weight is 140 g/mol. The van der Waals surface area contributed by atoms with E-state index < -0.39 is 0 Å². The van der Waals surface area contributed by atoms with Gasteiger partial charge in [0, 0.05) is 0 Å². The average Bonchev–Trinajstić information content (AvgIpc) is 1.84. The van der Waals surface area contributed by atoms with Gasteiger partial charge in [0.15, 0.2) is 0 Å². The number of rotatable bonds is 0. The maximum Gasteiger partial charge on any atom is 0.0605 e. The molecule has 0 heterocycles. The predicted octanol–water partition coefficient (Wildman–Crippen LogP) is 2.11. The third-order valence-electron chi connectivity index (χ3n) is 2.53. The molecule has 1 rings (SSSR count). The molecule has 10 heavy (non-hydrogen) atoms. The van der Waals surface area contributed by atoms with Crippen LogP contribution in [0.5, 0.6) is 0 Å². The SMILES string of the molecule is CC1=C(C)CC(O)C(C)C1. The molecule has 2 atom stereocenters. The standard InChI is InChI=1S/C9H16O/c1-6-4-8(3)9(10)5-7(6)2/h8-10H,4-5H2,1-3H3. The Morgan fingerprint density at radius 3 is 2.20 bits per heavy atom. The van der Waals surface area contributed by atoms with Gasteiger partial charge in [-0.2, -0.15) is 0 Å². The van der Waals surface area contributed by atoms with Gasteiger partial charge in [-0.15, -0.1) is 0 Å². The van der Waals surface area contributed by atoms with Crippen LogP contribution in [0.3, 0.4) is 0 Å². The summed E-state index contributed by atoms with van der Waals surface area (Å²) in [5, 5.41) is 9.43. The van der Waals surface area contributed by atoms with Crippen molar-refractivity contribution < 1.29 is 5.11 Å². The molecule has 0 spiro atoms. The van der Waals surface area contributed by atoms with Crippen molar-refractivity contribution in [3.05, 3.63) is 11.1 Å². The van der Waals surface area contributed by atoms with Gasteiger partial charge in [0.2, 0.25) is 0 Å². The lowest BCUT2D eigenvalue weighted by atomic mass is 9.84. The van der Waals surface area contributed by atoms with Crippen molar-refractivity contribution in [3.63, 3.8) is 0 Å². The molecule has 0 fully saturated rings. The monoisotopic (exact) mass is 140 g/mol. The molecule has 1 heteroatoms. The van der Waals surface area contributed by atoms with Crippen LogP contribution < -0.4 is 0 Å². The minimum absolute atomic E-state index is 0.0938. The molecule has 1 N–H and O–H groups in total. The Labute approximate surface area is 62.8 Å². The topological polar surface area (TPSA) is 20.2 Å². The van der Waals surface area contributed by atoms with Crippen LogP contribution in [0.25, 0.3) is 0 Å². The second kappa shape index (κ2) is 2.75. The fourth-order valence-electron chi connectivity index (χ4n) is 1.48. The largest absolute Gasteiger partial charge is 0.393 e. The van der Waals surface area contributed by atoms with E-state index >= 15 is 0 Å². The molecular formula is C9H16O. The van der Waals surface area contributed by atoms with E-state index in [2.05, 4.69) is 20.8 Å². The second-order valence-electron chi connectivity index (χ2n) is 3.51. The van der Waals surface area contributed by atoms with Gasteiger partial charge < -0.3 is 5.11 Å². The minimum Gasteiger partial charge on any atom is -0.393 e. The highest BCUT2D eigenvalue weighted by molar-refractivity contribution is 5.15. The van der Waals surface area contributed by atoms with E-state index in [0.29, 0.717) is 5.92 Å². The number of aliphatic hydroxyl groups is 1. The molecule has 0 aromatic rings. The summed E-state index contributed by atoms with van der Waals surface area (Å²) in [6.45, 7) is 6.39. The Morgan fingerprint density at radius 2 is 1.70 bits per heavy atom. The van der Waals surface area contributed by atoms with Crippen molar-refractivity contribution in [2.75, 3.05) is 0 Å². The van der Waals surface area contributed by atoms with E-state index in [0.717, 1.165) is 12.8 Å². The molecule has 0 radical (unpaired) electrons. The fraction of sp³-hybridized carbons (Fsp3) is 0.778. The predicted molar refractivity (Wildman–Crippen MR) is 42.8 cm³/mol. The van der Waals surface area contributed by atoms with Crippen molar-refractivity contribution in [1.82, 2.24) is 0 Å². The lowest BCUT2D eigenvalue weighted by Gasteiger charge is -2.26. The lowest BCUT2D eigenvalue weighted by Crippen LogP contribution is -2.22. The Morgan fingerprint density at radius 1 is 1.20 bits per heavy atom. The third kappa shape index (κ3) is 1.40. The summed E-state index contributed by atoms with van der Waals surface area (Å²) >= 11 is 0. The summed E-state index contributed by atoms with van der Waals surface area (Å²) in [6, 6.07) is 0. The Bertz CT molecular complexity index is 140. The molecule has 1 nitrogen and oxygen atoms in total. The quantitative estimate of drug-likeness (QED) is 0.511. The summed E-state index contributed by atoms with van der Waals surface area (Å²) in [4.78, 5) is 0. The zero-order chi connectivity index (χ0) is 7.72. The van der Waals surface area contributed by atoms with Crippen LogP contribution in [0, 0.1) is 5.92 Å². The van der Waals surface area contributed by atoms with Gasteiger partial charge in [-0.05, 0) is 32.6 Å². The molecular weight excluding hydrogens is 124 g/mol. The van der Waals surface area contributed by atoms with Crippen LogP contribution in [0.15, 0.2) is 11.1 Å². The molecule has 0 aliphatic heterocycles. The van der Waals surface area contributed by atoms with Crippen molar-refractivity contribution in [3.8, 4) is 0 Å². The summed E-state index contributed by atoms with van der Waals surface area (Å²) in [5.41, 5.74) is 2.85. The van der Waals surface area contributed by atoms with Gasteiger partial charge in [0.1, 0.15) is 0 Å². The van der Waals surface area contributed by atoms with Gasteiger partial charge in [-0.25, -0.2) is 0 Å². The van der Waals surface area contributed by atoms with Crippen LogP contribution in [0.2, 0.25) is 0 Å². The Balaban J connectivity index is 2.69. The number of aliphatic hydroxyl groups excluding tert-OH is 1. The zero-order valence-electron chi connectivity index (χ0n) is 7.02. The van der Waals surface area contributed by atoms with Crippen LogP contribution >= 0.6 is 0 Å². The van der Waals surface area contributed by atoms with E-state index in [1.54, 1.807) is 0 Å². The summed E-state index contributed by atoms with van der Waals surface area (Å²) in [5.74, 6) is 0.462. The first-order valence-corrected chi connectivity index (χ1v) is 3.94. The second-order valence-corrected chi connectivity index (χ2v) is 3.51. The van der Waals surface area contributed by atoms with E-state index in [1.807, 2.05) is 0 Å². The lowest BCUT2D eigenvalue weighted by molar-refractivity contribution is 0.109. The highest BCUT2D eigenvalue weighted by Crippen LogP contribution is 2.28. The molecule has 1 aliphatic rings. The minimum atomic E-state index is -0.0938. The van der Waals surface area contributed by atoms with Crippen molar-refractivity contribution in [2.24, 2.45) is 5.92 Å². The third-order valence-corrected chi connectivity index (χ3v) is 2.53.